The first kappa shape index (κ1) is 16.1. The van der Waals surface area contributed by atoms with E-state index in [-0.39, 0.29) is 31.8 Å². The van der Waals surface area contributed by atoms with Crippen molar-refractivity contribution in [2.45, 2.75) is 38.4 Å². The molecule has 2 rings (SSSR count). The van der Waals surface area contributed by atoms with Crippen LogP contribution < -0.4 is 11.1 Å². The van der Waals surface area contributed by atoms with Crippen molar-refractivity contribution in [3.05, 3.63) is 0 Å². The van der Waals surface area contributed by atoms with Crippen molar-refractivity contribution >= 4 is 11.8 Å². The highest BCUT2D eigenvalue weighted by molar-refractivity contribution is 5.86. The highest BCUT2D eigenvalue weighted by atomic mass is 19.4. The van der Waals surface area contributed by atoms with Gasteiger partial charge >= 0.3 is 6.18 Å². The summed E-state index contributed by atoms with van der Waals surface area (Å²) in [6.07, 6.45) is -3.62. The first-order chi connectivity index (χ1) is 9.63. The summed E-state index contributed by atoms with van der Waals surface area (Å²) in [7, 11) is 0. The van der Waals surface area contributed by atoms with Crippen molar-refractivity contribution in [3.8, 4) is 0 Å². The summed E-state index contributed by atoms with van der Waals surface area (Å²) in [6, 6.07) is -0.598. The van der Waals surface area contributed by atoms with Crippen LogP contribution in [0.4, 0.5) is 13.2 Å². The van der Waals surface area contributed by atoms with Crippen molar-refractivity contribution in [3.63, 3.8) is 0 Å². The SMILES string of the molecule is CC1(C(N)=O)CCN(C(=O)C2CCC(C(F)(F)F)CN2)C1. The summed E-state index contributed by atoms with van der Waals surface area (Å²) >= 11 is 0. The minimum Gasteiger partial charge on any atom is -0.369 e. The number of rotatable bonds is 2. The number of nitrogens with two attached hydrogens (primary N) is 1. The second kappa shape index (κ2) is 5.47. The van der Waals surface area contributed by atoms with Gasteiger partial charge in [0, 0.05) is 19.6 Å². The van der Waals surface area contributed by atoms with E-state index in [1.54, 1.807) is 6.92 Å². The highest BCUT2D eigenvalue weighted by Crippen LogP contribution is 2.34. The lowest BCUT2D eigenvalue weighted by atomic mass is 9.89. The van der Waals surface area contributed by atoms with Gasteiger partial charge in [0.25, 0.3) is 0 Å². The number of nitrogens with one attached hydrogen (secondary N) is 1. The first-order valence-corrected chi connectivity index (χ1v) is 7.02. The fourth-order valence-corrected chi connectivity index (χ4v) is 2.92. The van der Waals surface area contributed by atoms with E-state index in [2.05, 4.69) is 5.32 Å². The molecule has 0 spiro atoms. The van der Waals surface area contributed by atoms with E-state index in [9.17, 15) is 22.8 Å². The molecule has 0 saturated carbocycles. The van der Waals surface area contributed by atoms with Crippen LogP contribution in [-0.4, -0.2) is 48.6 Å². The molecular weight excluding hydrogens is 287 g/mol. The molecule has 21 heavy (non-hydrogen) atoms. The Labute approximate surface area is 121 Å². The maximum absolute atomic E-state index is 12.6. The van der Waals surface area contributed by atoms with Crippen LogP contribution in [0.15, 0.2) is 0 Å². The van der Waals surface area contributed by atoms with Crippen LogP contribution in [0, 0.1) is 11.3 Å². The van der Waals surface area contributed by atoms with E-state index in [0.717, 1.165) is 0 Å². The number of likely N-dealkylation sites (tertiary alicyclic amines) is 1. The van der Waals surface area contributed by atoms with Gasteiger partial charge < -0.3 is 16.0 Å². The molecule has 0 aromatic carbocycles. The Morgan fingerprint density at radius 1 is 1.33 bits per heavy atom. The third-order valence-electron chi connectivity index (χ3n) is 4.56. The lowest BCUT2D eigenvalue weighted by Gasteiger charge is -2.32. The lowest BCUT2D eigenvalue weighted by molar-refractivity contribution is -0.180. The highest BCUT2D eigenvalue weighted by Gasteiger charge is 2.45. The summed E-state index contributed by atoms with van der Waals surface area (Å²) < 4.78 is 37.7. The number of primary amides is 1. The van der Waals surface area contributed by atoms with Gasteiger partial charge in [0.2, 0.25) is 11.8 Å². The van der Waals surface area contributed by atoms with Crippen LogP contribution in [0.5, 0.6) is 0 Å². The maximum atomic E-state index is 12.6. The van der Waals surface area contributed by atoms with Gasteiger partial charge in [-0.25, -0.2) is 0 Å². The lowest BCUT2D eigenvalue weighted by Crippen LogP contribution is -2.52. The van der Waals surface area contributed by atoms with Crippen LogP contribution in [0.3, 0.4) is 0 Å². The van der Waals surface area contributed by atoms with Crippen LogP contribution >= 0.6 is 0 Å². The molecule has 0 bridgehead atoms. The minimum atomic E-state index is -4.22. The Morgan fingerprint density at radius 2 is 2.00 bits per heavy atom. The van der Waals surface area contributed by atoms with Gasteiger partial charge in [0.05, 0.1) is 17.4 Å². The molecule has 2 fully saturated rings. The maximum Gasteiger partial charge on any atom is 0.393 e. The number of hydrogen-bond donors (Lipinski definition) is 2. The average molecular weight is 307 g/mol. The molecule has 0 aromatic rings. The molecule has 2 aliphatic rings. The van der Waals surface area contributed by atoms with Gasteiger partial charge in [-0.3, -0.25) is 9.59 Å². The molecule has 120 valence electrons. The fraction of sp³-hybridized carbons (Fsp3) is 0.846. The van der Waals surface area contributed by atoms with Crippen molar-refractivity contribution in [1.29, 1.82) is 0 Å². The summed E-state index contributed by atoms with van der Waals surface area (Å²) in [5, 5.41) is 2.68. The monoisotopic (exact) mass is 307 g/mol. The number of hydrogen-bond acceptors (Lipinski definition) is 3. The standard InChI is InChI=1S/C13H20F3N3O2/c1-12(11(17)21)4-5-19(7-12)10(20)9-3-2-8(6-18-9)13(14,15)16/h8-9,18H,2-7H2,1H3,(H2,17,21). The normalized spacial score (nSPS) is 34.0. The number of piperidine rings is 1. The third-order valence-corrected chi connectivity index (χ3v) is 4.56. The molecule has 8 heteroatoms. The van der Waals surface area contributed by atoms with E-state index in [0.29, 0.717) is 13.0 Å². The van der Waals surface area contributed by atoms with E-state index >= 15 is 0 Å². The zero-order valence-corrected chi connectivity index (χ0v) is 11.9. The molecule has 2 saturated heterocycles. The molecule has 2 heterocycles. The molecule has 0 radical (unpaired) electrons. The van der Waals surface area contributed by atoms with Crippen LogP contribution in [0.1, 0.15) is 26.2 Å². The number of carbonyl (C=O) groups is 2. The quantitative estimate of drug-likeness (QED) is 0.786. The summed E-state index contributed by atoms with van der Waals surface area (Å²) in [5.74, 6) is -2.08. The molecule has 0 aromatic heterocycles. The summed E-state index contributed by atoms with van der Waals surface area (Å²) in [4.78, 5) is 25.2. The molecule has 2 aliphatic heterocycles. The van der Waals surface area contributed by atoms with Crippen molar-refractivity contribution in [2.24, 2.45) is 17.1 Å². The Morgan fingerprint density at radius 3 is 2.43 bits per heavy atom. The van der Waals surface area contributed by atoms with E-state index in [4.69, 9.17) is 5.73 Å². The van der Waals surface area contributed by atoms with Crippen molar-refractivity contribution in [1.82, 2.24) is 10.2 Å². The molecule has 3 N–H and O–H groups in total. The zero-order chi connectivity index (χ0) is 15.8. The van der Waals surface area contributed by atoms with Gasteiger partial charge in [-0.1, -0.05) is 0 Å². The van der Waals surface area contributed by atoms with Gasteiger partial charge in [0.1, 0.15) is 0 Å². The Bertz CT molecular complexity index is 433. The van der Waals surface area contributed by atoms with Crippen LogP contribution in [-0.2, 0) is 9.59 Å². The molecule has 2 amide bonds. The van der Waals surface area contributed by atoms with Gasteiger partial charge in [-0.2, -0.15) is 13.2 Å². The first-order valence-electron chi connectivity index (χ1n) is 7.02. The smallest absolute Gasteiger partial charge is 0.369 e. The van der Waals surface area contributed by atoms with E-state index < -0.39 is 29.5 Å². The number of halogens is 3. The second-order valence-electron chi connectivity index (χ2n) is 6.21. The molecular formula is C13H20F3N3O2. The summed E-state index contributed by atoms with van der Waals surface area (Å²) in [5.41, 5.74) is 4.58. The van der Waals surface area contributed by atoms with Crippen LogP contribution in [0.2, 0.25) is 0 Å². The largest absolute Gasteiger partial charge is 0.393 e. The molecule has 5 nitrogen and oxygen atoms in total. The second-order valence-corrected chi connectivity index (χ2v) is 6.21. The van der Waals surface area contributed by atoms with Gasteiger partial charge in [-0.05, 0) is 26.2 Å². The third kappa shape index (κ3) is 3.30. The zero-order valence-electron chi connectivity index (χ0n) is 11.9. The van der Waals surface area contributed by atoms with Crippen LogP contribution in [0.25, 0.3) is 0 Å². The number of alkyl halides is 3. The average Bonchev–Trinajstić information content (AvgIpc) is 2.81. The Kier molecular flexibility index (Phi) is 4.19. The Balaban J connectivity index is 1.90. The minimum absolute atomic E-state index is 0.0478. The molecule has 3 unspecified atom stereocenters. The number of carbonyl (C=O) groups excluding carboxylic acids is 2. The van der Waals surface area contributed by atoms with E-state index in [1.807, 2.05) is 0 Å². The topological polar surface area (TPSA) is 75.4 Å². The van der Waals surface area contributed by atoms with E-state index in [1.165, 1.54) is 4.90 Å². The van der Waals surface area contributed by atoms with Crippen molar-refractivity contribution < 1.29 is 22.8 Å². The molecule has 3 atom stereocenters. The van der Waals surface area contributed by atoms with Gasteiger partial charge in [0.15, 0.2) is 0 Å². The number of nitrogens with zero attached hydrogens (tertiary/aromatic N) is 1. The predicted octanol–water partition coefficient (Wildman–Crippen LogP) is 0.641. The Hall–Kier alpha value is -1.31. The predicted molar refractivity (Wildman–Crippen MR) is 69.1 cm³/mol. The van der Waals surface area contributed by atoms with Crippen molar-refractivity contribution in [2.75, 3.05) is 19.6 Å². The number of amides is 2. The summed E-state index contributed by atoms with van der Waals surface area (Å²) in [6.45, 7) is 2.12. The molecule has 0 aliphatic carbocycles. The van der Waals surface area contributed by atoms with Gasteiger partial charge in [-0.15, -0.1) is 0 Å². The fourth-order valence-electron chi connectivity index (χ4n) is 2.92.